The summed E-state index contributed by atoms with van der Waals surface area (Å²) in [5, 5.41) is 9.47. The number of hydrogen-bond acceptors (Lipinski definition) is 4. The van der Waals surface area contributed by atoms with Gasteiger partial charge in [-0.3, -0.25) is 14.3 Å². The summed E-state index contributed by atoms with van der Waals surface area (Å²) in [6, 6.07) is 1.03. The van der Waals surface area contributed by atoms with Gasteiger partial charge in [-0.2, -0.15) is 11.8 Å². The zero-order valence-corrected chi connectivity index (χ0v) is 8.92. The first kappa shape index (κ1) is 10.4. The number of aromatic hydroxyl groups is 1. The van der Waals surface area contributed by atoms with Crippen LogP contribution < -0.4 is 11.2 Å². The van der Waals surface area contributed by atoms with Crippen LogP contribution in [0.4, 0.5) is 0 Å². The van der Waals surface area contributed by atoms with E-state index in [0.717, 1.165) is 24.0 Å². The molecule has 1 unspecified atom stereocenters. The van der Waals surface area contributed by atoms with Crippen LogP contribution >= 0.6 is 11.8 Å². The van der Waals surface area contributed by atoms with Crippen molar-refractivity contribution in [2.45, 2.75) is 13.0 Å². The first-order valence-corrected chi connectivity index (χ1v) is 5.93. The average Bonchev–Trinajstić information content (AvgIpc) is 2.63. The molecule has 1 saturated heterocycles. The maximum Gasteiger partial charge on any atom is 0.331 e. The van der Waals surface area contributed by atoms with Gasteiger partial charge in [-0.1, -0.05) is 0 Å². The fourth-order valence-electron chi connectivity index (χ4n) is 1.67. The molecule has 1 atom stereocenters. The normalized spacial score (nSPS) is 20.7. The Morgan fingerprint density at radius 2 is 2.40 bits per heavy atom. The van der Waals surface area contributed by atoms with Crippen LogP contribution in [0.2, 0.25) is 0 Å². The molecular formula is C9H12N2O3S. The van der Waals surface area contributed by atoms with E-state index < -0.39 is 11.2 Å². The molecule has 2 rings (SSSR count). The lowest BCUT2D eigenvalue weighted by Crippen LogP contribution is -2.31. The van der Waals surface area contributed by atoms with Crippen LogP contribution in [0.1, 0.15) is 6.42 Å². The van der Waals surface area contributed by atoms with Crippen molar-refractivity contribution in [3.8, 4) is 5.88 Å². The Kier molecular flexibility index (Phi) is 2.86. The van der Waals surface area contributed by atoms with Gasteiger partial charge < -0.3 is 5.11 Å². The molecule has 2 heterocycles. The molecule has 0 aliphatic carbocycles. The molecule has 0 radical (unpaired) electrons. The minimum absolute atomic E-state index is 0.249. The van der Waals surface area contributed by atoms with Crippen molar-refractivity contribution < 1.29 is 5.11 Å². The molecule has 6 heteroatoms. The SMILES string of the molecule is O=c1cc(O)n(CC2CCSC2)c(=O)[nH]1. The zero-order chi connectivity index (χ0) is 10.8. The standard InChI is InChI=1S/C9H12N2O3S/c12-7-3-8(13)11(9(14)10-7)4-6-1-2-15-5-6/h3,6,13H,1-2,4-5H2,(H,10,12,14). The van der Waals surface area contributed by atoms with E-state index >= 15 is 0 Å². The second-order valence-corrected chi connectivity index (χ2v) is 4.79. The average molecular weight is 228 g/mol. The van der Waals surface area contributed by atoms with Crippen molar-refractivity contribution in [2.75, 3.05) is 11.5 Å². The molecule has 1 aromatic rings. The third kappa shape index (κ3) is 2.26. The summed E-state index contributed by atoms with van der Waals surface area (Å²) in [6.07, 6.45) is 1.05. The summed E-state index contributed by atoms with van der Waals surface area (Å²) in [4.78, 5) is 24.4. The van der Waals surface area contributed by atoms with Crippen molar-refractivity contribution in [1.29, 1.82) is 0 Å². The highest BCUT2D eigenvalue weighted by Gasteiger charge is 2.18. The molecule has 1 aliphatic heterocycles. The fraction of sp³-hybridized carbons (Fsp3) is 0.556. The third-order valence-electron chi connectivity index (χ3n) is 2.48. The monoisotopic (exact) mass is 228 g/mol. The lowest BCUT2D eigenvalue weighted by atomic mass is 10.1. The molecule has 82 valence electrons. The molecule has 0 aromatic carbocycles. The zero-order valence-electron chi connectivity index (χ0n) is 8.10. The Bertz CT molecular complexity index is 459. The predicted molar refractivity (Wildman–Crippen MR) is 58.4 cm³/mol. The summed E-state index contributed by atoms with van der Waals surface area (Å²) in [7, 11) is 0. The van der Waals surface area contributed by atoms with E-state index in [0.29, 0.717) is 12.5 Å². The number of nitrogens with one attached hydrogen (secondary N) is 1. The number of rotatable bonds is 2. The summed E-state index contributed by atoms with van der Waals surface area (Å²) in [5.41, 5.74) is -1.09. The summed E-state index contributed by atoms with van der Waals surface area (Å²) in [5.74, 6) is 2.26. The maximum atomic E-state index is 11.4. The highest BCUT2D eigenvalue weighted by atomic mass is 32.2. The summed E-state index contributed by atoms with van der Waals surface area (Å²) >= 11 is 1.85. The number of aromatic nitrogens is 2. The first-order valence-electron chi connectivity index (χ1n) is 4.77. The van der Waals surface area contributed by atoms with Crippen molar-refractivity contribution in [1.82, 2.24) is 9.55 Å². The Labute approximate surface area is 90.1 Å². The predicted octanol–water partition coefficient (Wildman–Crippen LogP) is -0.00470. The van der Waals surface area contributed by atoms with Crippen molar-refractivity contribution >= 4 is 11.8 Å². The smallest absolute Gasteiger partial charge is 0.331 e. The largest absolute Gasteiger partial charge is 0.494 e. The Balaban J connectivity index is 2.27. The number of aromatic amines is 1. The number of thioether (sulfide) groups is 1. The van der Waals surface area contributed by atoms with Crippen LogP contribution in [-0.2, 0) is 6.54 Å². The van der Waals surface area contributed by atoms with Gasteiger partial charge in [0.2, 0.25) is 5.88 Å². The van der Waals surface area contributed by atoms with Crippen molar-refractivity contribution in [2.24, 2.45) is 5.92 Å². The molecular weight excluding hydrogens is 216 g/mol. The van der Waals surface area contributed by atoms with Gasteiger partial charge in [0.05, 0.1) is 6.07 Å². The minimum atomic E-state index is -0.561. The number of H-pyrrole nitrogens is 1. The van der Waals surface area contributed by atoms with E-state index in [-0.39, 0.29) is 5.88 Å². The van der Waals surface area contributed by atoms with Gasteiger partial charge in [0.15, 0.2) is 0 Å². The molecule has 0 saturated carbocycles. The fourth-order valence-corrected chi connectivity index (χ4v) is 2.94. The molecule has 15 heavy (non-hydrogen) atoms. The second-order valence-electron chi connectivity index (χ2n) is 3.64. The van der Waals surface area contributed by atoms with Gasteiger partial charge in [0.25, 0.3) is 5.56 Å². The molecule has 5 nitrogen and oxygen atoms in total. The molecule has 1 aliphatic rings. The van der Waals surface area contributed by atoms with E-state index in [9.17, 15) is 14.7 Å². The van der Waals surface area contributed by atoms with Crippen LogP contribution in [0.3, 0.4) is 0 Å². The van der Waals surface area contributed by atoms with E-state index in [4.69, 9.17) is 0 Å². The van der Waals surface area contributed by atoms with Gasteiger partial charge in [0.1, 0.15) is 0 Å². The van der Waals surface area contributed by atoms with Gasteiger partial charge in [0, 0.05) is 6.54 Å². The van der Waals surface area contributed by atoms with E-state index in [1.54, 1.807) is 0 Å². The van der Waals surface area contributed by atoms with Crippen molar-refractivity contribution in [3.63, 3.8) is 0 Å². The van der Waals surface area contributed by atoms with Gasteiger partial charge in [-0.15, -0.1) is 0 Å². The van der Waals surface area contributed by atoms with Gasteiger partial charge in [-0.25, -0.2) is 4.79 Å². The van der Waals surface area contributed by atoms with Gasteiger partial charge in [-0.05, 0) is 23.8 Å². The number of nitrogens with zero attached hydrogens (tertiary/aromatic N) is 1. The Morgan fingerprint density at radius 3 is 3.00 bits per heavy atom. The molecule has 0 spiro atoms. The van der Waals surface area contributed by atoms with Crippen LogP contribution in [0.15, 0.2) is 15.7 Å². The van der Waals surface area contributed by atoms with Crippen molar-refractivity contribution in [3.05, 3.63) is 26.9 Å². The van der Waals surface area contributed by atoms with Crippen LogP contribution in [0.25, 0.3) is 0 Å². The van der Waals surface area contributed by atoms with Crippen LogP contribution in [0, 0.1) is 5.92 Å². The molecule has 0 amide bonds. The van der Waals surface area contributed by atoms with E-state index in [1.165, 1.54) is 4.57 Å². The Morgan fingerprint density at radius 1 is 1.60 bits per heavy atom. The van der Waals surface area contributed by atoms with Crippen LogP contribution in [0.5, 0.6) is 5.88 Å². The summed E-state index contributed by atoms with van der Waals surface area (Å²) < 4.78 is 1.22. The lowest BCUT2D eigenvalue weighted by Gasteiger charge is -2.11. The number of hydrogen-bond donors (Lipinski definition) is 2. The highest BCUT2D eigenvalue weighted by Crippen LogP contribution is 2.25. The third-order valence-corrected chi connectivity index (χ3v) is 3.71. The second kappa shape index (κ2) is 4.14. The molecule has 1 fully saturated rings. The van der Waals surface area contributed by atoms with Gasteiger partial charge >= 0.3 is 5.69 Å². The molecule has 1 aromatic heterocycles. The maximum absolute atomic E-state index is 11.4. The van der Waals surface area contributed by atoms with E-state index in [2.05, 4.69) is 4.98 Å². The van der Waals surface area contributed by atoms with Crippen LogP contribution in [-0.4, -0.2) is 26.2 Å². The molecule has 0 bridgehead atoms. The first-order chi connectivity index (χ1) is 7.16. The lowest BCUT2D eigenvalue weighted by molar-refractivity contribution is 0.370. The quantitative estimate of drug-likeness (QED) is 0.747. The summed E-state index contributed by atoms with van der Waals surface area (Å²) in [6.45, 7) is 0.481. The van der Waals surface area contributed by atoms with E-state index in [1.807, 2.05) is 11.8 Å². The minimum Gasteiger partial charge on any atom is -0.494 e. The highest BCUT2D eigenvalue weighted by molar-refractivity contribution is 7.99. The Hall–Kier alpha value is -1.17. The topological polar surface area (TPSA) is 75.1 Å². The molecule has 2 N–H and O–H groups in total.